The number of aromatic nitrogens is 2. The smallest absolute Gasteiger partial charge is 0.324 e. The Morgan fingerprint density at radius 3 is 2.53 bits per heavy atom. The van der Waals surface area contributed by atoms with Gasteiger partial charge in [-0.15, -0.1) is 0 Å². The molecule has 0 fully saturated rings. The Morgan fingerprint density at radius 1 is 1.00 bits per heavy atom. The predicted molar refractivity (Wildman–Crippen MR) is 131 cm³/mol. The number of anilines is 2. The molecule has 1 heterocycles. The maximum atomic E-state index is 12.9. The first-order chi connectivity index (χ1) is 16.1. The van der Waals surface area contributed by atoms with E-state index in [-0.39, 0.29) is 21.7 Å². The van der Waals surface area contributed by atoms with Crippen LogP contribution in [0.15, 0.2) is 81.2 Å². The van der Waals surface area contributed by atoms with Crippen molar-refractivity contribution in [3.63, 3.8) is 0 Å². The summed E-state index contributed by atoms with van der Waals surface area (Å²) in [6.45, 7) is 1.07. The van der Waals surface area contributed by atoms with E-state index < -0.39 is 33.7 Å². The third-order valence-corrected chi connectivity index (χ3v) is 6.79. The first-order valence-electron chi connectivity index (χ1n) is 10.0. The number of nitrogens with one attached hydrogen (secondary N) is 3. The van der Waals surface area contributed by atoms with Crippen LogP contribution >= 0.6 is 11.6 Å². The highest BCUT2D eigenvalue weighted by Gasteiger charge is 2.19. The van der Waals surface area contributed by atoms with E-state index in [0.29, 0.717) is 16.1 Å². The van der Waals surface area contributed by atoms with Gasteiger partial charge in [0.25, 0.3) is 15.6 Å². The fourth-order valence-corrected chi connectivity index (χ4v) is 4.93. The topological polar surface area (TPSA) is 130 Å². The molecule has 0 saturated carbocycles. The average molecular weight is 499 g/mol. The van der Waals surface area contributed by atoms with E-state index in [1.807, 2.05) is 0 Å². The van der Waals surface area contributed by atoms with E-state index in [9.17, 15) is 22.8 Å². The second-order valence-corrected chi connectivity index (χ2v) is 9.60. The number of hydrogen-bond acceptors (Lipinski definition) is 5. The Kier molecular flexibility index (Phi) is 6.27. The van der Waals surface area contributed by atoms with Crippen LogP contribution in [0.2, 0.25) is 5.02 Å². The second-order valence-electron chi connectivity index (χ2n) is 7.51. The number of sulfonamides is 1. The van der Waals surface area contributed by atoms with Gasteiger partial charge < -0.3 is 10.3 Å². The summed E-state index contributed by atoms with van der Waals surface area (Å²) in [6, 6.07) is 17.1. The molecule has 4 aromatic rings. The zero-order chi connectivity index (χ0) is 24.5. The first kappa shape index (κ1) is 23.3. The minimum atomic E-state index is -3.99. The number of fused-ring (bicyclic) bond motifs is 1. The summed E-state index contributed by atoms with van der Waals surface area (Å²) >= 11 is 5.92. The van der Waals surface area contributed by atoms with Gasteiger partial charge in [0.2, 0.25) is 5.91 Å². The van der Waals surface area contributed by atoms with Crippen LogP contribution in [0.1, 0.15) is 5.56 Å². The predicted octanol–water partition coefficient (Wildman–Crippen LogP) is 3.09. The highest BCUT2D eigenvalue weighted by atomic mass is 35.5. The third-order valence-electron chi connectivity index (χ3n) is 5.03. The molecule has 34 heavy (non-hydrogen) atoms. The first-order valence-corrected chi connectivity index (χ1v) is 11.9. The molecule has 0 radical (unpaired) electrons. The van der Waals surface area contributed by atoms with E-state index in [2.05, 4.69) is 15.0 Å². The minimum absolute atomic E-state index is 0.0500. The van der Waals surface area contributed by atoms with Crippen molar-refractivity contribution in [3.05, 3.63) is 98.2 Å². The van der Waals surface area contributed by atoms with Gasteiger partial charge in [0.15, 0.2) is 0 Å². The van der Waals surface area contributed by atoms with Crippen LogP contribution in [0, 0.1) is 6.92 Å². The summed E-state index contributed by atoms with van der Waals surface area (Å²) in [5.74, 6) is -0.669. The van der Waals surface area contributed by atoms with Crippen LogP contribution in [0.5, 0.6) is 0 Å². The van der Waals surface area contributed by atoms with Crippen molar-refractivity contribution in [1.82, 2.24) is 9.55 Å². The number of carbonyl (C=O) groups is 1. The summed E-state index contributed by atoms with van der Waals surface area (Å²) in [5, 5.41) is 3.18. The summed E-state index contributed by atoms with van der Waals surface area (Å²) < 4.78 is 29.1. The lowest BCUT2D eigenvalue weighted by molar-refractivity contribution is -0.116. The van der Waals surface area contributed by atoms with E-state index in [4.69, 9.17) is 11.6 Å². The standard InChI is InChI=1S/C23H19ClN4O5S/c1-14-9-10-16(12-20(14)34(32,33)27-17-6-4-5-15(24)11-17)25-21(29)13-28-22(30)18-7-2-3-8-19(18)26-23(28)31/h2-12,27H,13H2,1H3,(H,25,29)(H,26,31). The SMILES string of the molecule is Cc1ccc(NC(=O)Cn2c(=O)[nH]c3ccccc3c2=O)cc1S(=O)(=O)Nc1cccc(Cl)c1. The lowest BCUT2D eigenvalue weighted by atomic mass is 10.2. The Hall–Kier alpha value is -3.89. The molecule has 0 spiro atoms. The molecule has 0 saturated heterocycles. The number of H-pyrrole nitrogens is 1. The molecule has 0 bridgehead atoms. The van der Waals surface area contributed by atoms with E-state index in [0.717, 1.165) is 4.57 Å². The van der Waals surface area contributed by atoms with Crippen LogP contribution in [0.4, 0.5) is 11.4 Å². The monoisotopic (exact) mass is 498 g/mol. The number of nitrogens with zero attached hydrogens (tertiary/aromatic N) is 1. The zero-order valence-corrected chi connectivity index (χ0v) is 19.4. The Morgan fingerprint density at radius 2 is 1.76 bits per heavy atom. The number of aryl methyl sites for hydroxylation is 1. The Labute approximate surface area is 199 Å². The van der Waals surface area contributed by atoms with Crippen molar-refractivity contribution >= 4 is 49.8 Å². The molecule has 0 aliphatic rings. The zero-order valence-electron chi connectivity index (χ0n) is 17.8. The molecule has 4 rings (SSSR count). The number of para-hydroxylation sites is 1. The van der Waals surface area contributed by atoms with Crippen LogP contribution < -0.4 is 21.3 Å². The lowest BCUT2D eigenvalue weighted by Crippen LogP contribution is -2.38. The van der Waals surface area contributed by atoms with E-state index >= 15 is 0 Å². The molecule has 0 unspecified atom stereocenters. The summed E-state index contributed by atoms with van der Waals surface area (Å²) in [5.41, 5.74) is -0.0304. The number of halogens is 1. The Balaban J connectivity index is 1.58. The normalized spacial score (nSPS) is 11.4. The Bertz CT molecular complexity index is 1640. The molecule has 0 atom stereocenters. The molecule has 9 nitrogen and oxygen atoms in total. The van der Waals surface area contributed by atoms with Crippen molar-refractivity contribution in [2.75, 3.05) is 10.0 Å². The molecule has 3 N–H and O–H groups in total. The third kappa shape index (κ3) is 4.87. The highest BCUT2D eigenvalue weighted by molar-refractivity contribution is 7.92. The van der Waals surface area contributed by atoms with Crippen LogP contribution in [0.25, 0.3) is 10.9 Å². The van der Waals surface area contributed by atoms with Gasteiger partial charge in [0.05, 0.1) is 21.5 Å². The van der Waals surface area contributed by atoms with Crippen molar-refractivity contribution in [3.8, 4) is 0 Å². The molecule has 0 aliphatic heterocycles. The summed E-state index contributed by atoms with van der Waals surface area (Å²) in [6.07, 6.45) is 0. The number of aromatic amines is 1. The number of benzene rings is 3. The lowest BCUT2D eigenvalue weighted by Gasteiger charge is -2.13. The van der Waals surface area contributed by atoms with Crippen LogP contribution in [-0.4, -0.2) is 23.9 Å². The summed E-state index contributed by atoms with van der Waals surface area (Å²) in [7, 11) is -3.99. The van der Waals surface area contributed by atoms with Crippen LogP contribution in [-0.2, 0) is 21.4 Å². The number of rotatable bonds is 6. The number of amides is 1. The van der Waals surface area contributed by atoms with Crippen molar-refractivity contribution < 1.29 is 13.2 Å². The van der Waals surface area contributed by atoms with Crippen LogP contribution in [0.3, 0.4) is 0 Å². The highest BCUT2D eigenvalue weighted by Crippen LogP contribution is 2.24. The fraction of sp³-hybridized carbons (Fsp3) is 0.0870. The van der Waals surface area contributed by atoms with Gasteiger partial charge in [0, 0.05) is 10.7 Å². The molecule has 0 aliphatic carbocycles. The molecule has 3 aromatic carbocycles. The second kappa shape index (κ2) is 9.16. The maximum absolute atomic E-state index is 12.9. The molecule has 174 valence electrons. The largest absolute Gasteiger partial charge is 0.329 e. The summed E-state index contributed by atoms with van der Waals surface area (Å²) in [4.78, 5) is 40.0. The van der Waals surface area contributed by atoms with Gasteiger partial charge in [-0.05, 0) is 55.0 Å². The van der Waals surface area contributed by atoms with Gasteiger partial charge in [-0.25, -0.2) is 13.2 Å². The van der Waals surface area contributed by atoms with E-state index in [1.165, 1.54) is 24.3 Å². The fourth-order valence-electron chi connectivity index (χ4n) is 3.42. The number of hydrogen-bond donors (Lipinski definition) is 3. The van der Waals surface area contributed by atoms with E-state index in [1.54, 1.807) is 49.4 Å². The van der Waals surface area contributed by atoms with Gasteiger partial charge in [-0.2, -0.15) is 0 Å². The minimum Gasteiger partial charge on any atom is -0.324 e. The molecule has 1 aromatic heterocycles. The molecule has 11 heteroatoms. The van der Waals surface area contributed by atoms with Crippen molar-refractivity contribution in [1.29, 1.82) is 0 Å². The van der Waals surface area contributed by atoms with Crippen molar-refractivity contribution in [2.45, 2.75) is 18.4 Å². The molecule has 1 amide bonds. The van der Waals surface area contributed by atoms with Gasteiger partial charge >= 0.3 is 5.69 Å². The molecular weight excluding hydrogens is 480 g/mol. The quantitative estimate of drug-likeness (QED) is 0.376. The van der Waals surface area contributed by atoms with Gasteiger partial charge in [0.1, 0.15) is 6.54 Å². The molecular formula is C23H19ClN4O5S. The van der Waals surface area contributed by atoms with Crippen molar-refractivity contribution in [2.24, 2.45) is 0 Å². The average Bonchev–Trinajstić information content (AvgIpc) is 2.77. The van der Waals surface area contributed by atoms with Gasteiger partial charge in [-0.3, -0.25) is 18.9 Å². The van der Waals surface area contributed by atoms with Gasteiger partial charge in [-0.1, -0.05) is 35.9 Å². The maximum Gasteiger partial charge on any atom is 0.329 e. The number of carbonyl (C=O) groups excluding carboxylic acids is 1.